The van der Waals surface area contributed by atoms with Crippen molar-refractivity contribution in [3.63, 3.8) is 0 Å². The van der Waals surface area contributed by atoms with Gasteiger partial charge in [0.05, 0.1) is 13.7 Å². The van der Waals surface area contributed by atoms with Crippen LogP contribution in [0.1, 0.15) is 10.6 Å². The summed E-state index contributed by atoms with van der Waals surface area (Å²) >= 11 is 0. The van der Waals surface area contributed by atoms with Gasteiger partial charge in [-0.15, -0.1) is 0 Å². The maximum Gasteiger partial charge on any atom is 0.374 e. The van der Waals surface area contributed by atoms with E-state index in [2.05, 4.69) is 9.72 Å². The van der Waals surface area contributed by atoms with Crippen molar-refractivity contribution in [1.29, 1.82) is 0 Å². The van der Waals surface area contributed by atoms with Gasteiger partial charge in [-0.1, -0.05) is 0 Å². The summed E-state index contributed by atoms with van der Waals surface area (Å²) in [6.07, 6.45) is -2.97. The average Bonchev–Trinajstić information content (AvgIpc) is 2.64. The molecule has 0 aromatic carbocycles. The van der Waals surface area contributed by atoms with Crippen LogP contribution in [0, 0.1) is 0 Å². The van der Waals surface area contributed by atoms with Gasteiger partial charge in [-0.05, 0) is 0 Å². The molecule has 7 heteroatoms. The van der Waals surface area contributed by atoms with Crippen molar-refractivity contribution in [2.24, 2.45) is 0 Å². The molecule has 0 spiro atoms. The molecule has 15 heavy (non-hydrogen) atoms. The molecule has 0 aliphatic rings. The third-order valence-corrected chi connectivity index (χ3v) is 1.73. The minimum atomic E-state index is -3.09. The molecule has 0 aliphatic heterocycles. The number of imidazole rings is 1. The summed E-state index contributed by atoms with van der Waals surface area (Å²) in [5.41, 5.74) is 0. The van der Waals surface area contributed by atoms with Crippen LogP contribution in [0.15, 0.2) is 12.4 Å². The molecule has 1 unspecified atom stereocenters. The quantitative estimate of drug-likeness (QED) is 0.720. The molecule has 1 aromatic heterocycles. The largest absolute Gasteiger partial charge is 0.463 e. The Kier molecular flexibility index (Phi) is 3.70. The molecule has 0 aliphatic carbocycles. The van der Waals surface area contributed by atoms with Crippen LogP contribution in [0.2, 0.25) is 0 Å². The first-order valence-corrected chi connectivity index (χ1v) is 4.08. The van der Waals surface area contributed by atoms with Crippen LogP contribution in [0.4, 0.5) is 13.2 Å². The topological polar surface area (TPSA) is 44.1 Å². The third kappa shape index (κ3) is 2.71. The molecule has 4 nitrogen and oxygen atoms in total. The number of aromatic nitrogens is 2. The minimum absolute atomic E-state index is 0.194. The summed E-state index contributed by atoms with van der Waals surface area (Å²) in [5.74, 6) is -0.984. The molecule has 84 valence electrons. The molecule has 0 radical (unpaired) electrons. The van der Waals surface area contributed by atoms with E-state index in [1.165, 1.54) is 12.4 Å². The van der Waals surface area contributed by atoms with E-state index in [9.17, 15) is 18.0 Å². The number of nitrogens with zero attached hydrogens (tertiary/aromatic N) is 2. The fourth-order valence-electron chi connectivity index (χ4n) is 1.01. The second-order valence-corrected chi connectivity index (χ2v) is 2.75. The van der Waals surface area contributed by atoms with Crippen LogP contribution >= 0.6 is 0 Å². The molecule has 0 amide bonds. The van der Waals surface area contributed by atoms with Crippen LogP contribution in [-0.4, -0.2) is 35.2 Å². The first-order valence-electron chi connectivity index (χ1n) is 4.08. The Morgan fingerprint density at radius 1 is 1.60 bits per heavy atom. The van der Waals surface area contributed by atoms with E-state index < -0.39 is 25.1 Å². The predicted molar refractivity (Wildman–Crippen MR) is 44.5 cm³/mol. The normalized spacial score (nSPS) is 12.9. The van der Waals surface area contributed by atoms with Gasteiger partial charge in [0, 0.05) is 12.4 Å². The summed E-state index contributed by atoms with van der Waals surface area (Å²) < 4.78 is 41.8. The zero-order valence-corrected chi connectivity index (χ0v) is 7.86. The van der Waals surface area contributed by atoms with Gasteiger partial charge in [-0.25, -0.2) is 22.9 Å². The van der Waals surface area contributed by atoms with Crippen LogP contribution < -0.4 is 0 Å². The number of hydrogen-bond acceptors (Lipinski definition) is 3. The van der Waals surface area contributed by atoms with Gasteiger partial charge >= 0.3 is 5.97 Å². The lowest BCUT2D eigenvalue weighted by molar-refractivity contribution is 0.0383. The smallest absolute Gasteiger partial charge is 0.374 e. The van der Waals surface area contributed by atoms with E-state index in [-0.39, 0.29) is 5.82 Å². The van der Waals surface area contributed by atoms with Gasteiger partial charge in [0.15, 0.2) is 6.17 Å². The number of methoxy groups -OCH3 is 1. The van der Waals surface area contributed by atoms with Crippen molar-refractivity contribution in [3.8, 4) is 0 Å². The van der Waals surface area contributed by atoms with Gasteiger partial charge < -0.3 is 9.30 Å². The summed E-state index contributed by atoms with van der Waals surface area (Å²) in [5, 5.41) is 0. The Bertz CT molecular complexity index is 340. The lowest BCUT2D eigenvalue weighted by atomic mass is 10.4. The number of halogens is 3. The van der Waals surface area contributed by atoms with Gasteiger partial charge in [0.1, 0.15) is 0 Å². The maximum atomic E-state index is 12.7. The van der Waals surface area contributed by atoms with E-state index >= 15 is 0 Å². The zero-order chi connectivity index (χ0) is 11.4. The summed E-state index contributed by atoms with van der Waals surface area (Å²) in [6, 6.07) is 0. The van der Waals surface area contributed by atoms with E-state index in [0.717, 1.165) is 11.7 Å². The highest BCUT2D eigenvalue weighted by molar-refractivity contribution is 5.85. The van der Waals surface area contributed by atoms with Crippen LogP contribution in [0.3, 0.4) is 0 Å². The molecule has 0 saturated heterocycles. The number of esters is 1. The molecular weight excluding hydrogens is 213 g/mol. The summed E-state index contributed by atoms with van der Waals surface area (Å²) in [6.45, 7) is -0.623. The Morgan fingerprint density at radius 3 is 2.80 bits per heavy atom. The second-order valence-electron chi connectivity index (χ2n) is 2.75. The molecule has 1 heterocycles. The van der Waals surface area contributed by atoms with Gasteiger partial charge in [-0.3, -0.25) is 0 Å². The van der Waals surface area contributed by atoms with Crippen molar-refractivity contribution in [2.75, 3.05) is 7.11 Å². The third-order valence-electron chi connectivity index (χ3n) is 1.73. The summed E-state index contributed by atoms with van der Waals surface area (Å²) in [7, 11) is 1.13. The first-order chi connectivity index (χ1) is 7.06. The second kappa shape index (κ2) is 4.81. The zero-order valence-electron chi connectivity index (χ0n) is 7.86. The molecule has 1 rings (SSSR count). The number of carbonyl (C=O) groups is 1. The Hall–Kier alpha value is -1.53. The predicted octanol–water partition coefficient (Wildman–Crippen LogP) is 1.27. The van der Waals surface area contributed by atoms with Crippen molar-refractivity contribution in [3.05, 3.63) is 18.2 Å². The van der Waals surface area contributed by atoms with Crippen LogP contribution in [0.25, 0.3) is 0 Å². The van der Waals surface area contributed by atoms with E-state index in [0.29, 0.717) is 0 Å². The van der Waals surface area contributed by atoms with Crippen molar-refractivity contribution in [2.45, 2.75) is 19.1 Å². The molecule has 1 atom stereocenters. The van der Waals surface area contributed by atoms with Crippen molar-refractivity contribution in [1.82, 2.24) is 9.55 Å². The number of rotatable bonds is 4. The van der Waals surface area contributed by atoms with Crippen molar-refractivity contribution < 1.29 is 22.7 Å². The standard InChI is InChI=1S/C8H9F3N2O2/c1-15-8(14)7-12-2-3-13(7)4-5(9)6(10)11/h2-3,5-6H,4H2,1H3. The number of carbonyl (C=O) groups excluding carboxylic acids is 1. The highest BCUT2D eigenvalue weighted by Crippen LogP contribution is 2.10. The average molecular weight is 222 g/mol. The van der Waals surface area contributed by atoms with Crippen molar-refractivity contribution >= 4 is 5.97 Å². The monoisotopic (exact) mass is 222 g/mol. The van der Waals surface area contributed by atoms with E-state index in [4.69, 9.17) is 0 Å². The Balaban J connectivity index is 2.77. The Morgan fingerprint density at radius 2 is 2.27 bits per heavy atom. The van der Waals surface area contributed by atoms with Gasteiger partial charge in [0.2, 0.25) is 5.82 Å². The van der Waals surface area contributed by atoms with Crippen LogP contribution in [0.5, 0.6) is 0 Å². The molecule has 0 fully saturated rings. The fraction of sp³-hybridized carbons (Fsp3) is 0.500. The molecule has 0 N–H and O–H groups in total. The lowest BCUT2D eigenvalue weighted by Gasteiger charge is -2.09. The number of hydrogen-bond donors (Lipinski definition) is 0. The Labute approximate surface area is 83.7 Å². The minimum Gasteiger partial charge on any atom is -0.463 e. The first kappa shape index (κ1) is 11.5. The number of alkyl halides is 3. The lowest BCUT2D eigenvalue weighted by Crippen LogP contribution is -2.22. The highest BCUT2D eigenvalue weighted by atomic mass is 19.3. The number of ether oxygens (including phenoxy) is 1. The van der Waals surface area contributed by atoms with Gasteiger partial charge in [0.25, 0.3) is 6.43 Å². The fourth-order valence-corrected chi connectivity index (χ4v) is 1.01. The van der Waals surface area contributed by atoms with Crippen LogP contribution in [-0.2, 0) is 11.3 Å². The van der Waals surface area contributed by atoms with E-state index in [1.54, 1.807) is 0 Å². The van der Waals surface area contributed by atoms with Gasteiger partial charge in [-0.2, -0.15) is 0 Å². The highest BCUT2D eigenvalue weighted by Gasteiger charge is 2.22. The SMILES string of the molecule is COC(=O)c1nccn1CC(F)C(F)F. The molecule has 0 saturated carbocycles. The van der Waals surface area contributed by atoms with E-state index in [1.807, 2.05) is 0 Å². The summed E-state index contributed by atoms with van der Waals surface area (Å²) in [4.78, 5) is 14.6. The molecule has 1 aromatic rings. The maximum absolute atomic E-state index is 12.7. The molecular formula is C8H9F3N2O2. The molecule has 0 bridgehead atoms.